The highest BCUT2D eigenvalue weighted by Crippen LogP contribution is 2.36. The van der Waals surface area contributed by atoms with E-state index >= 15 is 0 Å². The number of primary amides is 1. The molecule has 1 heterocycles. The number of nitrogens with one attached hydrogen (secondary N) is 2. The summed E-state index contributed by atoms with van der Waals surface area (Å²) in [6.07, 6.45) is 0.245. The average Bonchev–Trinajstić information content (AvgIpc) is 2.95. The molecule has 8 nitrogen and oxygen atoms in total. The lowest BCUT2D eigenvalue weighted by Gasteiger charge is -2.32. The molecule has 0 saturated carbocycles. The molecule has 2 aromatic rings. The van der Waals surface area contributed by atoms with Crippen LogP contribution in [0.5, 0.6) is 0 Å². The molecule has 0 radical (unpaired) electrons. The number of benzene rings is 2. The van der Waals surface area contributed by atoms with Gasteiger partial charge < -0.3 is 25.7 Å². The predicted octanol–water partition coefficient (Wildman–Crippen LogP) is 1.77. The Labute approximate surface area is 194 Å². The fourth-order valence-corrected chi connectivity index (χ4v) is 3.40. The molecule has 0 spiro atoms. The van der Waals surface area contributed by atoms with E-state index in [0.717, 1.165) is 11.0 Å². The van der Waals surface area contributed by atoms with Crippen molar-refractivity contribution in [2.45, 2.75) is 58.3 Å². The minimum Gasteiger partial charge on any atom is -0.399 e. The lowest BCUT2D eigenvalue weighted by molar-refractivity contribution is -0.119. The van der Waals surface area contributed by atoms with Crippen molar-refractivity contribution in [1.29, 1.82) is 0 Å². The van der Waals surface area contributed by atoms with Crippen molar-refractivity contribution < 1.29 is 23.7 Å². The summed E-state index contributed by atoms with van der Waals surface area (Å²) in [5.74, 6) is -1.26. The molecule has 1 fully saturated rings. The van der Waals surface area contributed by atoms with Crippen LogP contribution in [0.25, 0.3) is 0 Å². The predicted molar refractivity (Wildman–Crippen MR) is 127 cm³/mol. The van der Waals surface area contributed by atoms with Crippen LogP contribution in [0, 0.1) is 0 Å². The van der Waals surface area contributed by atoms with Crippen LogP contribution >= 0.6 is 0 Å². The Kier molecular flexibility index (Phi) is 6.95. The molecule has 1 atom stereocenters. The van der Waals surface area contributed by atoms with E-state index in [1.54, 1.807) is 24.3 Å². The molecule has 3 amide bonds. The van der Waals surface area contributed by atoms with Gasteiger partial charge in [0.2, 0.25) is 11.8 Å². The van der Waals surface area contributed by atoms with E-state index in [1.807, 2.05) is 52.0 Å². The summed E-state index contributed by atoms with van der Waals surface area (Å²) in [5.41, 5.74) is 7.31. The van der Waals surface area contributed by atoms with Gasteiger partial charge in [-0.1, -0.05) is 24.3 Å². The molecule has 0 aromatic heterocycles. The van der Waals surface area contributed by atoms with Gasteiger partial charge in [0.15, 0.2) is 0 Å². The minimum absolute atomic E-state index is 0.203. The van der Waals surface area contributed by atoms with Crippen molar-refractivity contribution >= 4 is 36.0 Å². The van der Waals surface area contributed by atoms with Crippen LogP contribution in [0.4, 0.5) is 5.69 Å². The van der Waals surface area contributed by atoms with Gasteiger partial charge in [0.25, 0.3) is 5.91 Å². The van der Waals surface area contributed by atoms with Gasteiger partial charge in [-0.05, 0) is 63.0 Å². The maximum absolute atomic E-state index is 12.6. The van der Waals surface area contributed by atoms with Crippen molar-refractivity contribution in [2.24, 2.45) is 5.73 Å². The smallest absolute Gasteiger partial charge is 0.399 e. The molecular weight excluding hydrogens is 421 g/mol. The van der Waals surface area contributed by atoms with E-state index in [0.29, 0.717) is 11.3 Å². The van der Waals surface area contributed by atoms with Crippen LogP contribution in [0.3, 0.4) is 0 Å². The van der Waals surface area contributed by atoms with Crippen LogP contribution in [0.15, 0.2) is 48.5 Å². The normalized spacial score (nSPS) is 17.3. The molecule has 2 aromatic carbocycles. The Morgan fingerprint density at radius 3 is 1.97 bits per heavy atom. The van der Waals surface area contributed by atoms with Gasteiger partial charge in [-0.3, -0.25) is 14.4 Å². The lowest BCUT2D eigenvalue weighted by Crippen LogP contribution is -2.45. The van der Waals surface area contributed by atoms with Crippen LogP contribution in [-0.4, -0.2) is 42.1 Å². The first-order valence-electron chi connectivity index (χ1n) is 10.8. The van der Waals surface area contributed by atoms with E-state index < -0.39 is 36.2 Å². The van der Waals surface area contributed by atoms with E-state index in [4.69, 9.17) is 15.0 Å². The minimum atomic E-state index is -0.879. The van der Waals surface area contributed by atoms with Crippen molar-refractivity contribution in [3.05, 3.63) is 59.7 Å². The Morgan fingerprint density at radius 2 is 1.48 bits per heavy atom. The number of rotatable bonds is 7. The zero-order valence-electron chi connectivity index (χ0n) is 19.6. The fourth-order valence-electron chi connectivity index (χ4n) is 3.40. The number of anilines is 1. The largest absolute Gasteiger partial charge is 0.494 e. The van der Waals surface area contributed by atoms with Crippen molar-refractivity contribution in [1.82, 2.24) is 5.32 Å². The van der Waals surface area contributed by atoms with E-state index in [1.165, 1.54) is 6.92 Å². The molecule has 9 heteroatoms. The second-order valence-electron chi connectivity index (χ2n) is 9.22. The monoisotopic (exact) mass is 451 g/mol. The fraction of sp³-hybridized carbons (Fsp3) is 0.375. The molecule has 1 aliphatic rings. The first kappa shape index (κ1) is 24.5. The SMILES string of the molecule is CC(=O)Nc1ccc(C(=O)N[C@@H](Cc2ccc(B3OC(C)(C)C(C)(C)O3)cc2)C(N)=O)cc1. The molecule has 0 unspecified atom stereocenters. The molecule has 1 saturated heterocycles. The molecule has 3 rings (SSSR count). The highest BCUT2D eigenvalue weighted by atomic mass is 16.7. The van der Waals surface area contributed by atoms with Crippen LogP contribution in [0.2, 0.25) is 0 Å². The molecule has 4 N–H and O–H groups in total. The molecule has 33 heavy (non-hydrogen) atoms. The van der Waals surface area contributed by atoms with Gasteiger partial charge in [-0.2, -0.15) is 0 Å². The second kappa shape index (κ2) is 9.37. The first-order valence-corrected chi connectivity index (χ1v) is 10.8. The van der Waals surface area contributed by atoms with Gasteiger partial charge in [0, 0.05) is 24.6 Å². The number of amides is 3. The topological polar surface area (TPSA) is 120 Å². The van der Waals surface area contributed by atoms with E-state index in [2.05, 4.69) is 10.6 Å². The maximum Gasteiger partial charge on any atom is 0.494 e. The third-order valence-electron chi connectivity index (χ3n) is 6.06. The van der Waals surface area contributed by atoms with Gasteiger partial charge in [0.1, 0.15) is 6.04 Å². The molecule has 174 valence electrons. The molecule has 0 bridgehead atoms. The second-order valence-corrected chi connectivity index (χ2v) is 9.22. The van der Waals surface area contributed by atoms with Crippen molar-refractivity contribution in [3.63, 3.8) is 0 Å². The summed E-state index contributed by atoms with van der Waals surface area (Å²) in [6, 6.07) is 13.0. The summed E-state index contributed by atoms with van der Waals surface area (Å²) in [6.45, 7) is 9.38. The highest BCUT2D eigenvalue weighted by molar-refractivity contribution is 6.62. The zero-order chi connectivity index (χ0) is 24.4. The Bertz CT molecular complexity index is 1020. The van der Waals surface area contributed by atoms with Crippen LogP contribution in [-0.2, 0) is 25.3 Å². The third kappa shape index (κ3) is 5.80. The van der Waals surface area contributed by atoms with Crippen LogP contribution < -0.4 is 21.8 Å². The number of hydrogen-bond acceptors (Lipinski definition) is 5. The summed E-state index contributed by atoms with van der Waals surface area (Å²) < 4.78 is 12.1. The summed E-state index contributed by atoms with van der Waals surface area (Å²) in [7, 11) is -0.476. The van der Waals surface area contributed by atoms with Crippen LogP contribution in [0.1, 0.15) is 50.5 Å². The molecular formula is C24H30BN3O5. The van der Waals surface area contributed by atoms with Gasteiger partial charge in [0.05, 0.1) is 11.2 Å². The van der Waals surface area contributed by atoms with E-state index in [9.17, 15) is 14.4 Å². The Morgan fingerprint density at radius 1 is 0.939 bits per heavy atom. The maximum atomic E-state index is 12.6. The third-order valence-corrected chi connectivity index (χ3v) is 6.06. The Hall–Kier alpha value is -3.17. The van der Waals surface area contributed by atoms with Gasteiger partial charge >= 0.3 is 7.12 Å². The standard InChI is InChI=1S/C24H30BN3O5/c1-15(29)27-19-12-8-17(9-13-19)22(31)28-20(21(26)30)14-16-6-10-18(11-7-16)25-32-23(2,3)24(4,5)33-25/h6-13,20H,14H2,1-5H3,(H2,26,30)(H,27,29)(H,28,31)/t20-/m0/s1. The van der Waals surface area contributed by atoms with E-state index in [-0.39, 0.29) is 12.3 Å². The molecule has 1 aliphatic heterocycles. The summed E-state index contributed by atoms with van der Waals surface area (Å²) in [5, 5.41) is 5.32. The number of carbonyl (C=O) groups excluding carboxylic acids is 3. The summed E-state index contributed by atoms with van der Waals surface area (Å²) >= 11 is 0. The van der Waals surface area contributed by atoms with Gasteiger partial charge in [-0.25, -0.2) is 0 Å². The van der Waals surface area contributed by atoms with Crippen molar-refractivity contribution in [2.75, 3.05) is 5.32 Å². The average molecular weight is 451 g/mol. The lowest BCUT2D eigenvalue weighted by atomic mass is 9.78. The number of nitrogens with two attached hydrogens (primary N) is 1. The number of hydrogen-bond donors (Lipinski definition) is 3. The highest BCUT2D eigenvalue weighted by Gasteiger charge is 2.51. The molecule has 0 aliphatic carbocycles. The number of carbonyl (C=O) groups is 3. The summed E-state index contributed by atoms with van der Waals surface area (Å²) in [4.78, 5) is 35.7. The first-order chi connectivity index (χ1) is 15.4. The van der Waals surface area contributed by atoms with Crippen molar-refractivity contribution in [3.8, 4) is 0 Å². The quantitative estimate of drug-likeness (QED) is 0.555. The zero-order valence-corrected chi connectivity index (χ0v) is 19.6. The Balaban J connectivity index is 1.65. The van der Waals surface area contributed by atoms with Gasteiger partial charge in [-0.15, -0.1) is 0 Å².